The summed E-state index contributed by atoms with van der Waals surface area (Å²) < 4.78 is 43.9. The summed E-state index contributed by atoms with van der Waals surface area (Å²) in [5, 5.41) is 6.89. The molecule has 260 valence electrons. The van der Waals surface area contributed by atoms with Crippen molar-refractivity contribution in [2.45, 2.75) is 56.8 Å². The van der Waals surface area contributed by atoms with Crippen molar-refractivity contribution in [3.8, 4) is 6.01 Å². The average Bonchev–Trinajstić information content (AvgIpc) is 3.77. The number of halogens is 4. The van der Waals surface area contributed by atoms with Crippen LogP contribution in [0.4, 0.5) is 41.2 Å². The number of nitrogens with one attached hydrogen (secondary N) is 2. The van der Waals surface area contributed by atoms with Crippen LogP contribution in [-0.2, 0) is 0 Å². The number of rotatable bonds is 9. The molecule has 3 fully saturated rings. The maximum Gasteiger partial charge on any atom is 0.422 e. The van der Waals surface area contributed by atoms with Crippen LogP contribution in [0.2, 0.25) is 5.02 Å². The number of carbonyl (C=O) groups is 2. The standard InChI is InChI=1S/C32H36ClF3N10O3/c33-21-7-11-24(12-8-21)46(25-13-14-25)30-41-28(42-31(43-30)49-19-32(34,35)36)38-23-9-5-20(6-10-23)26(47)44-15-17-45(18-16-44)29(40-27(37)48)39-22-3-1-2-4-22/h5-12,22,25H,1-4,13-19H2,(H3,37,39,40,48)(H,38,41,42,43). The molecule has 1 saturated heterocycles. The molecule has 1 aliphatic heterocycles. The van der Waals surface area contributed by atoms with Gasteiger partial charge < -0.3 is 35.8 Å². The summed E-state index contributed by atoms with van der Waals surface area (Å²) >= 11 is 6.07. The van der Waals surface area contributed by atoms with E-state index in [9.17, 15) is 22.8 Å². The Hall–Kier alpha value is -4.86. The fourth-order valence-electron chi connectivity index (χ4n) is 5.82. The van der Waals surface area contributed by atoms with E-state index in [-0.39, 0.29) is 29.9 Å². The van der Waals surface area contributed by atoms with Gasteiger partial charge in [0.25, 0.3) is 5.91 Å². The molecule has 3 aliphatic rings. The molecule has 2 aliphatic carbocycles. The number of aliphatic imine (C=N–C) groups is 1. The molecule has 6 rings (SSSR count). The third kappa shape index (κ3) is 9.19. The van der Waals surface area contributed by atoms with E-state index in [2.05, 4.69) is 30.6 Å². The molecule has 0 unspecified atom stereocenters. The number of nitrogens with two attached hydrogens (primary N) is 1. The zero-order valence-corrected chi connectivity index (χ0v) is 27.3. The Labute approximate surface area is 285 Å². The van der Waals surface area contributed by atoms with Gasteiger partial charge in [0.05, 0.1) is 0 Å². The Morgan fingerprint density at radius 2 is 1.59 bits per heavy atom. The Kier molecular flexibility index (Phi) is 10.2. The highest BCUT2D eigenvalue weighted by atomic mass is 35.5. The first-order chi connectivity index (χ1) is 23.5. The monoisotopic (exact) mass is 700 g/mol. The molecule has 1 aromatic heterocycles. The van der Waals surface area contributed by atoms with Crippen LogP contribution in [0.1, 0.15) is 48.9 Å². The summed E-state index contributed by atoms with van der Waals surface area (Å²) in [5.41, 5.74) is 7.02. The average molecular weight is 701 g/mol. The largest absolute Gasteiger partial charge is 0.454 e. The number of nitrogens with zero attached hydrogens (tertiary/aromatic N) is 7. The number of anilines is 4. The highest BCUT2D eigenvalue weighted by Crippen LogP contribution is 2.38. The number of guanidine groups is 1. The predicted molar refractivity (Wildman–Crippen MR) is 178 cm³/mol. The lowest BCUT2D eigenvalue weighted by molar-refractivity contribution is -0.154. The van der Waals surface area contributed by atoms with Gasteiger partial charge in [0, 0.05) is 60.2 Å². The molecule has 0 spiro atoms. The maximum atomic E-state index is 13.4. The van der Waals surface area contributed by atoms with E-state index in [1.807, 2.05) is 9.80 Å². The van der Waals surface area contributed by atoms with Crippen molar-refractivity contribution in [1.29, 1.82) is 0 Å². The minimum absolute atomic E-state index is 0.0309. The molecule has 2 saturated carbocycles. The van der Waals surface area contributed by atoms with E-state index in [0.717, 1.165) is 44.2 Å². The number of ether oxygens (including phenoxy) is 1. The number of primary amides is 1. The zero-order valence-electron chi connectivity index (χ0n) is 26.5. The van der Waals surface area contributed by atoms with E-state index in [1.165, 1.54) is 0 Å². The molecule has 0 atom stereocenters. The number of aromatic nitrogens is 3. The smallest absolute Gasteiger partial charge is 0.422 e. The van der Waals surface area contributed by atoms with Crippen molar-refractivity contribution >= 4 is 52.8 Å². The van der Waals surface area contributed by atoms with Crippen molar-refractivity contribution in [3.63, 3.8) is 0 Å². The summed E-state index contributed by atoms with van der Waals surface area (Å²) in [5.74, 6) is 0.366. The lowest BCUT2D eigenvalue weighted by Gasteiger charge is -2.37. The Balaban J connectivity index is 1.14. The van der Waals surface area contributed by atoms with Gasteiger partial charge in [0.15, 0.2) is 6.61 Å². The van der Waals surface area contributed by atoms with Gasteiger partial charge in [-0.2, -0.15) is 33.1 Å². The highest BCUT2D eigenvalue weighted by molar-refractivity contribution is 6.30. The summed E-state index contributed by atoms with van der Waals surface area (Å²) in [6, 6.07) is 12.6. The van der Waals surface area contributed by atoms with Gasteiger partial charge in [-0.15, -0.1) is 0 Å². The fraction of sp³-hybridized carbons (Fsp3) is 0.438. The minimum Gasteiger partial charge on any atom is -0.454 e. The molecule has 49 heavy (non-hydrogen) atoms. The number of hydrogen-bond acceptors (Lipinski definition) is 8. The lowest BCUT2D eigenvalue weighted by Crippen LogP contribution is -2.55. The Morgan fingerprint density at radius 1 is 0.939 bits per heavy atom. The molecular formula is C32H36ClF3N10O3. The number of hydrogen-bond donors (Lipinski definition) is 3. The van der Waals surface area contributed by atoms with Gasteiger partial charge in [-0.25, -0.2) is 4.79 Å². The third-order valence-corrected chi connectivity index (χ3v) is 8.61. The van der Waals surface area contributed by atoms with Gasteiger partial charge in [-0.3, -0.25) is 4.79 Å². The van der Waals surface area contributed by atoms with E-state index in [1.54, 1.807) is 53.4 Å². The van der Waals surface area contributed by atoms with Gasteiger partial charge >= 0.3 is 18.2 Å². The third-order valence-electron chi connectivity index (χ3n) is 8.36. The van der Waals surface area contributed by atoms with E-state index in [0.29, 0.717) is 48.4 Å². The summed E-state index contributed by atoms with van der Waals surface area (Å²) in [4.78, 5) is 47.2. The Morgan fingerprint density at radius 3 is 2.20 bits per heavy atom. The SMILES string of the molecule is NC(=O)/N=C(\NC1CCCC1)N1CCN(C(=O)c2ccc(Nc3nc(OCC(F)(F)F)nc(N(c4ccc(Cl)cc4)C4CC4)n3)cc2)CC1. The number of urea groups is 1. The topological polar surface area (TPSA) is 154 Å². The first-order valence-corrected chi connectivity index (χ1v) is 16.4. The first-order valence-electron chi connectivity index (χ1n) is 16.1. The maximum absolute atomic E-state index is 13.4. The molecule has 3 aromatic rings. The van der Waals surface area contributed by atoms with E-state index in [4.69, 9.17) is 22.1 Å². The molecule has 0 radical (unpaired) electrons. The minimum atomic E-state index is -4.59. The van der Waals surface area contributed by atoms with E-state index >= 15 is 0 Å². The Bertz CT molecular complexity index is 1660. The van der Waals surface area contributed by atoms with Gasteiger partial charge in [0.1, 0.15) is 0 Å². The predicted octanol–water partition coefficient (Wildman–Crippen LogP) is 5.23. The van der Waals surface area contributed by atoms with Crippen molar-refractivity contribution in [2.24, 2.45) is 10.7 Å². The number of alkyl halides is 3. The molecule has 13 nitrogen and oxygen atoms in total. The van der Waals surface area contributed by atoms with Crippen LogP contribution in [0.25, 0.3) is 0 Å². The van der Waals surface area contributed by atoms with Crippen molar-refractivity contribution < 1.29 is 27.5 Å². The molecule has 0 bridgehead atoms. The van der Waals surface area contributed by atoms with Crippen LogP contribution in [0.15, 0.2) is 53.5 Å². The molecule has 3 amide bonds. The second-order valence-corrected chi connectivity index (χ2v) is 12.5. The van der Waals surface area contributed by atoms with Crippen molar-refractivity contribution in [2.75, 3.05) is 43.0 Å². The van der Waals surface area contributed by atoms with Crippen LogP contribution in [0, 0.1) is 0 Å². The van der Waals surface area contributed by atoms with Crippen LogP contribution < -0.4 is 26.0 Å². The van der Waals surface area contributed by atoms with Crippen LogP contribution in [0.5, 0.6) is 6.01 Å². The number of carbonyl (C=O) groups excluding carboxylic acids is 2. The zero-order chi connectivity index (χ0) is 34.5. The second kappa shape index (κ2) is 14.7. The lowest BCUT2D eigenvalue weighted by atomic mass is 10.1. The van der Waals surface area contributed by atoms with Crippen molar-refractivity contribution in [3.05, 3.63) is 59.1 Å². The van der Waals surface area contributed by atoms with Crippen LogP contribution >= 0.6 is 11.6 Å². The van der Waals surface area contributed by atoms with Gasteiger partial charge in [-0.05, 0) is 74.2 Å². The van der Waals surface area contributed by atoms with Gasteiger partial charge in [-0.1, -0.05) is 24.4 Å². The first kappa shape index (κ1) is 34.0. The molecular weight excluding hydrogens is 665 g/mol. The van der Waals surface area contributed by atoms with Crippen LogP contribution in [0.3, 0.4) is 0 Å². The van der Waals surface area contributed by atoms with Crippen LogP contribution in [-0.4, -0.2) is 93.7 Å². The fourth-order valence-corrected chi connectivity index (χ4v) is 5.95. The summed E-state index contributed by atoms with van der Waals surface area (Å²) in [7, 11) is 0. The number of benzene rings is 2. The number of piperazine rings is 1. The normalized spacial score (nSPS) is 17.2. The highest BCUT2D eigenvalue weighted by Gasteiger charge is 2.34. The summed E-state index contributed by atoms with van der Waals surface area (Å²) in [6.45, 7) is 0.226. The van der Waals surface area contributed by atoms with Crippen molar-refractivity contribution in [1.82, 2.24) is 30.1 Å². The summed E-state index contributed by atoms with van der Waals surface area (Å²) in [6.07, 6.45) is 1.35. The molecule has 4 N–H and O–H groups in total. The quantitative estimate of drug-likeness (QED) is 0.200. The second-order valence-electron chi connectivity index (χ2n) is 12.1. The number of amides is 3. The molecule has 2 aromatic carbocycles. The molecule has 17 heteroatoms. The van der Waals surface area contributed by atoms with Gasteiger partial charge in [0.2, 0.25) is 17.9 Å². The molecule has 2 heterocycles. The van der Waals surface area contributed by atoms with E-state index < -0.39 is 24.8 Å².